The Labute approximate surface area is 112 Å². The fourth-order valence-electron chi connectivity index (χ4n) is 2.54. The summed E-state index contributed by atoms with van der Waals surface area (Å²) in [6.45, 7) is 1.26. The third kappa shape index (κ3) is 3.29. The summed E-state index contributed by atoms with van der Waals surface area (Å²) in [5, 5.41) is 2.63. The molecule has 1 saturated carbocycles. The van der Waals surface area contributed by atoms with Gasteiger partial charge in [-0.3, -0.25) is 4.79 Å². The number of hydrogen-bond acceptors (Lipinski definition) is 4. The van der Waals surface area contributed by atoms with E-state index in [1.54, 1.807) is 0 Å². The Bertz CT molecular complexity index is 399. The van der Waals surface area contributed by atoms with Gasteiger partial charge in [0.2, 0.25) is 0 Å². The largest absolute Gasteiger partial charge is 0.340 e. The molecular weight excluding hydrogens is 246 g/mol. The zero-order valence-electron chi connectivity index (χ0n) is 10.9. The highest BCUT2D eigenvalue weighted by Gasteiger charge is 2.20. The van der Waals surface area contributed by atoms with Crippen molar-refractivity contribution in [1.82, 2.24) is 9.88 Å². The molecule has 2 rings (SSSR count). The number of thiazole rings is 1. The summed E-state index contributed by atoms with van der Waals surface area (Å²) in [6.07, 6.45) is 6.47. The predicted molar refractivity (Wildman–Crippen MR) is 73.5 cm³/mol. The number of aromatic nitrogens is 1. The van der Waals surface area contributed by atoms with E-state index < -0.39 is 0 Å². The van der Waals surface area contributed by atoms with Crippen LogP contribution in [0, 0.1) is 5.92 Å². The highest BCUT2D eigenvalue weighted by atomic mass is 32.1. The standard InChI is InChI=1S/C13H21N3OS/c1-16(8-10-5-3-2-4-6-10)13(17)11-9-18-12(7-14)15-11/h9-10H,2-8,14H2,1H3. The zero-order chi connectivity index (χ0) is 13.0. The molecule has 2 N–H and O–H groups in total. The Kier molecular flexibility index (Phi) is 4.72. The van der Waals surface area contributed by atoms with Gasteiger partial charge in [0.05, 0.1) is 0 Å². The van der Waals surface area contributed by atoms with Crippen LogP contribution in [0.3, 0.4) is 0 Å². The number of carbonyl (C=O) groups excluding carboxylic acids is 1. The molecule has 18 heavy (non-hydrogen) atoms. The van der Waals surface area contributed by atoms with E-state index in [9.17, 15) is 4.79 Å². The summed E-state index contributed by atoms with van der Waals surface area (Å²) < 4.78 is 0. The molecule has 0 bridgehead atoms. The van der Waals surface area contributed by atoms with Crippen molar-refractivity contribution in [2.24, 2.45) is 11.7 Å². The Morgan fingerprint density at radius 1 is 1.50 bits per heavy atom. The number of nitrogens with two attached hydrogens (primary N) is 1. The molecule has 1 aromatic heterocycles. The third-order valence-electron chi connectivity index (χ3n) is 3.55. The van der Waals surface area contributed by atoms with Crippen molar-refractivity contribution >= 4 is 17.2 Å². The van der Waals surface area contributed by atoms with Crippen LogP contribution in [0.1, 0.15) is 47.6 Å². The van der Waals surface area contributed by atoms with Crippen LogP contribution in [0.25, 0.3) is 0 Å². The predicted octanol–water partition coefficient (Wildman–Crippen LogP) is 2.25. The van der Waals surface area contributed by atoms with E-state index >= 15 is 0 Å². The lowest BCUT2D eigenvalue weighted by atomic mass is 9.89. The monoisotopic (exact) mass is 267 g/mol. The second-order valence-electron chi connectivity index (χ2n) is 5.02. The molecule has 0 unspecified atom stereocenters. The van der Waals surface area contributed by atoms with E-state index in [0.29, 0.717) is 18.2 Å². The minimum Gasteiger partial charge on any atom is -0.340 e. The summed E-state index contributed by atoms with van der Waals surface area (Å²) in [7, 11) is 1.87. The molecule has 0 saturated heterocycles. The lowest BCUT2D eigenvalue weighted by molar-refractivity contribution is 0.0755. The van der Waals surface area contributed by atoms with Gasteiger partial charge < -0.3 is 10.6 Å². The topological polar surface area (TPSA) is 59.2 Å². The first-order chi connectivity index (χ1) is 8.70. The minimum atomic E-state index is 0.0246. The van der Waals surface area contributed by atoms with Gasteiger partial charge in [-0.2, -0.15) is 0 Å². The summed E-state index contributed by atoms with van der Waals surface area (Å²) in [5.74, 6) is 0.692. The SMILES string of the molecule is CN(CC1CCCCC1)C(=O)c1csc(CN)n1. The van der Waals surface area contributed by atoms with Gasteiger partial charge in [-0.1, -0.05) is 19.3 Å². The normalized spacial score (nSPS) is 16.8. The van der Waals surface area contributed by atoms with Crippen molar-refractivity contribution in [3.63, 3.8) is 0 Å². The van der Waals surface area contributed by atoms with Crippen molar-refractivity contribution in [3.05, 3.63) is 16.1 Å². The van der Waals surface area contributed by atoms with Gasteiger partial charge in [0.1, 0.15) is 10.7 Å². The number of carbonyl (C=O) groups is 1. The molecule has 1 heterocycles. The molecule has 1 aromatic rings. The smallest absolute Gasteiger partial charge is 0.273 e. The van der Waals surface area contributed by atoms with Gasteiger partial charge in [-0.15, -0.1) is 11.3 Å². The average molecular weight is 267 g/mol. The Balaban J connectivity index is 1.91. The molecule has 100 valence electrons. The molecule has 1 fully saturated rings. The Morgan fingerprint density at radius 2 is 2.22 bits per heavy atom. The number of rotatable bonds is 4. The van der Waals surface area contributed by atoms with Crippen LogP contribution < -0.4 is 5.73 Å². The van der Waals surface area contributed by atoms with E-state index in [2.05, 4.69) is 4.98 Å². The van der Waals surface area contributed by atoms with Crippen molar-refractivity contribution in [2.45, 2.75) is 38.6 Å². The van der Waals surface area contributed by atoms with E-state index in [0.717, 1.165) is 11.6 Å². The molecule has 0 aromatic carbocycles. The maximum atomic E-state index is 12.2. The number of amides is 1. The number of hydrogen-bond donors (Lipinski definition) is 1. The van der Waals surface area contributed by atoms with Crippen LogP contribution in [0.4, 0.5) is 0 Å². The number of nitrogens with zero attached hydrogens (tertiary/aromatic N) is 2. The molecule has 1 amide bonds. The summed E-state index contributed by atoms with van der Waals surface area (Å²) >= 11 is 1.46. The fourth-order valence-corrected chi connectivity index (χ4v) is 3.19. The van der Waals surface area contributed by atoms with Crippen LogP contribution in [-0.4, -0.2) is 29.4 Å². The van der Waals surface area contributed by atoms with Crippen LogP contribution >= 0.6 is 11.3 Å². The van der Waals surface area contributed by atoms with Gasteiger partial charge >= 0.3 is 0 Å². The summed E-state index contributed by atoms with van der Waals surface area (Å²) in [6, 6.07) is 0. The Hall–Kier alpha value is -0.940. The van der Waals surface area contributed by atoms with Gasteiger partial charge in [-0.25, -0.2) is 4.98 Å². The van der Waals surface area contributed by atoms with E-state index in [4.69, 9.17) is 5.73 Å². The van der Waals surface area contributed by atoms with Crippen molar-refractivity contribution in [2.75, 3.05) is 13.6 Å². The third-order valence-corrected chi connectivity index (χ3v) is 4.42. The first-order valence-electron chi connectivity index (χ1n) is 6.60. The zero-order valence-corrected chi connectivity index (χ0v) is 11.7. The molecule has 1 aliphatic rings. The average Bonchev–Trinajstić information content (AvgIpc) is 2.87. The maximum Gasteiger partial charge on any atom is 0.273 e. The summed E-state index contributed by atoms with van der Waals surface area (Å²) in [5.41, 5.74) is 6.05. The van der Waals surface area contributed by atoms with Crippen LogP contribution in [-0.2, 0) is 6.54 Å². The first kappa shape index (κ1) is 13.5. The molecule has 0 spiro atoms. The van der Waals surface area contributed by atoms with Crippen molar-refractivity contribution in [1.29, 1.82) is 0 Å². The fraction of sp³-hybridized carbons (Fsp3) is 0.692. The van der Waals surface area contributed by atoms with Gasteiger partial charge in [0, 0.05) is 25.5 Å². The van der Waals surface area contributed by atoms with E-state index in [1.165, 1.54) is 43.4 Å². The molecule has 4 nitrogen and oxygen atoms in total. The van der Waals surface area contributed by atoms with Crippen molar-refractivity contribution in [3.8, 4) is 0 Å². The van der Waals surface area contributed by atoms with Crippen LogP contribution in [0.5, 0.6) is 0 Å². The van der Waals surface area contributed by atoms with E-state index in [1.807, 2.05) is 17.3 Å². The van der Waals surface area contributed by atoms with Gasteiger partial charge in [-0.05, 0) is 18.8 Å². The lowest BCUT2D eigenvalue weighted by Gasteiger charge is -2.26. The maximum absolute atomic E-state index is 12.2. The van der Waals surface area contributed by atoms with Gasteiger partial charge in [0.15, 0.2) is 0 Å². The second-order valence-corrected chi connectivity index (χ2v) is 5.96. The lowest BCUT2D eigenvalue weighted by Crippen LogP contribution is -2.32. The van der Waals surface area contributed by atoms with E-state index in [-0.39, 0.29) is 5.91 Å². The summed E-state index contributed by atoms with van der Waals surface area (Å²) in [4.78, 5) is 18.2. The quantitative estimate of drug-likeness (QED) is 0.910. The minimum absolute atomic E-state index is 0.0246. The second kappa shape index (κ2) is 6.29. The molecule has 0 atom stereocenters. The molecular formula is C13H21N3OS. The van der Waals surface area contributed by atoms with Gasteiger partial charge in [0.25, 0.3) is 5.91 Å². The molecule has 0 radical (unpaired) electrons. The molecule has 1 aliphatic carbocycles. The molecule has 5 heteroatoms. The van der Waals surface area contributed by atoms with Crippen LogP contribution in [0.15, 0.2) is 5.38 Å². The van der Waals surface area contributed by atoms with Crippen LogP contribution in [0.2, 0.25) is 0 Å². The highest BCUT2D eigenvalue weighted by Crippen LogP contribution is 2.24. The highest BCUT2D eigenvalue weighted by molar-refractivity contribution is 7.09. The first-order valence-corrected chi connectivity index (χ1v) is 7.48. The Morgan fingerprint density at radius 3 is 2.83 bits per heavy atom. The molecule has 0 aliphatic heterocycles. The van der Waals surface area contributed by atoms with Crippen molar-refractivity contribution < 1.29 is 4.79 Å².